The van der Waals surface area contributed by atoms with Crippen LogP contribution >= 0.6 is 11.3 Å². The summed E-state index contributed by atoms with van der Waals surface area (Å²) in [7, 11) is 0. The van der Waals surface area contributed by atoms with Crippen molar-refractivity contribution < 1.29 is 4.79 Å². The van der Waals surface area contributed by atoms with Crippen molar-refractivity contribution in [3.8, 4) is 0 Å². The fourth-order valence-electron chi connectivity index (χ4n) is 1.74. The molecule has 1 amide bonds. The van der Waals surface area contributed by atoms with Gasteiger partial charge in [0.15, 0.2) is 0 Å². The van der Waals surface area contributed by atoms with Crippen molar-refractivity contribution in [1.82, 2.24) is 5.32 Å². The second kappa shape index (κ2) is 3.47. The van der Waals surface area contributed by atoms with Crippen LogP contribution in [-0.2, 0) is 0 Å². The molecule has 1 saturated heterocycles. The number of carbonyl (C=O) groups excluding carboxylic acids is 1. The van der Waals surface area contributed by atoms with E-state index in [0.29, 0.717) is 10.9 Å². The summed E-state index contributed by atoms with van der Waals surface area (Å²) in [5.41, 5.74) is 6.35. The summed E-state index contributed by atoms with van der Waals surface area (Å²) in [5, 5.41) is 5.28. The van der Waals surface area contributed by atoms with E-state index in [-0.39, 0.29) is 5.91 Å². The first-order valence-electron chi connectivity index (χ1n) is 4.39. The molecule has 4 heteroatoms. The average Bonchev–Trinajstić information content (AvgIpc) is 2.74. The van der Waals surface area contributed by atoms with Crippen LogP contribution in [0.3, 0.4) is 0 Å². The molecule has 2 heterocycles. The molecule has 0 bridgehead atoms. The van der Waals surface area contributed by atoms with E-state index in [1.165, 1.54) is 17.8 Å². The van der Waals surface area contributed by atoms with Crippen LogP contribution in [0.2, 0.25) is 0 Å². The summed E-state index contributed by atoms with van der Waals surface area (Å²) in [4.78, 5) is 11.8. The number of thiophene rings is 1. The lowest BCUT2D eigenvalue weighted by Crippen LogP contribution is -2.17. The zero-order valence-corrected chi connectivity index (χ0v) is 8.06. The number of amides is 1. The lowest BCUT2D eigenvalue weighted by Gasteiger charge is -2.09. The highest BCUT2D eigenvalue weighted by atomic mass is 32.1. The highest BCUT2D eigenvalue weighted by Gasteiger charge is 2.21. The van der Waals surface area contributed by atoms with E-state index >= 15 is 0 Å². The first-order chi connectivity index (χ1) is 6.29. The highest BCUT2D eigenvalue weighted by molar-refractivity contribution is 7.12. The maximum absolute atomic E-state index is 11.0. The largest absolute Gasteiger partial charge is 0.365 e. The molecule has 0 aromatic carbocycles. The Kier molecular flexibility index (Phi) is 2.33. The van der Waals surface area contributed by atoms with Gasteiger partial charge >= 0.3 is 0 Å². The molecule has 1 aromatic heterocycles. The summed E-state index contributed by atoms with van der Waals surface area (Å²) < 4.78 is 0. The smallest absolute Gasteiger partial charge is 0.259 e. The van der Waals surface area contributed by atoms with E-state index < -0.39 is 0 Å². The Bertz CT molecular complexity index is 315. The van der Waals surface area contributed by atoms with Crippen LogP contribution in [-0.4, -0.2) is 12.5 Å². The fourth-order valence-corrected chi connectivity index (χ4v) is 2.56. The number of nitrogens with two attached hydrogens (primary N) is 1. The van der Waals surface area contributed by atoms with Crippen molar-refractivity contribution in [3.63, 3.8) is 0 Å². The van der Waals surface area contributed by atoms with Crippen molar-refractivity contribution in [2.45, 2.75) is 18.9 Å². The van der Waals surface area contributed by atoms with Gasteiger partial charge in [0, 0.05) is 6.04 Å². The predicted molar refractivity (Wildman–Crippen MR) is 52.8 cm³/mol. The van der Waals surface area contributed by atoms with Crippen molar-refractivity contribution >= 4 is 17.2 Å². The second-order valence-corrected chi connectivity index (χ2v) is 4.13. The van der Waals surface area contributed by atoms with Gasteiger partial charge in [-0.1, -0.05) is 0 Å². The number of hydrogen-bond acceptors (Lipinski definition) is 3. The third kappa shape index (κ3) is 1.59. The van der Waals surface area contributed by atoms with Gasteiger partial charge in [-0.05, 0) is 36.4 Å². The zero-order chi connectivity index (χ0) is 9.26. The molecule has 0 spiro atoms. The standard InChI is InChI=1S/C9H12N2OS/c10-9(12)8-6(3-5-13-8)7-2-1-4-11-7/h3,5,7,11H,1-2,4H2,(H2,10,12). The summed E-state index contributed by atoms with van der Waals surface area (Å²) >= 11 is 1.43. The van der Waals surface area contributed by atoms with E-state index in [1.807, 2.05) is 11.4 Å². The van der Waals surface area contributed by atoms with Gasteiger partial charge in [-0.3, -0.25) is 4.79 Å². The topological polar surface area (TPSA) is 55.1 Å². The van der Waals surface area contributed by atoms with Gasteiger partial charge in [0.25, 0.3) is 5.91 Å². The number of primary amides is 1. The lowest BCUT2D eigenvalue weighted by molar-refractivity contribution is 0.100. The Morgan fingerprint density at radius 3 is 3.15 bits per heavy atom. The van der Waals surface area contributed by atoms with E-state index in [1.54, 1.807) is 0 Å². The highest BCUT2D eigenvalue weighted by Crippen LogP contribution is 2.28. The van der Waals surface area contributed by atoms with Crippen molar-refractivity contribution in [3.05, 3.63) is 21.9 Å². The Hall–Kier alpha value is -0.870. The van der Waals surface area contributed by atoms with Gasteiger partial charge in [0.2, 0.25) is 0 Å². The molecule has 13 heavy (non-hydrogen) atoms. The average molecular weight is 196 g/mol. The second-order valence-electron chi connectivity index (χ2n) is 3.22. The summed E-state index contributed by atoms with van der Waals surface area (Å²) in [6.07, 6.45) is 2.29. The summed E-state index contributed by atoms with van der Waals surface area (Å²) in [5.74, 6) is -0.307. The summed E-state index contributed by atoms with van der Waals surface area (Å²) in [6.45, 7) is 1.04. The minimum atomic E-state index is -0.307. The van der Waals surface area contributed by atoms with Gasteiger partial charge in [-0.25, -0.2) is 0 Å². The molecule has 0 aliphatic carbocycles. The maximum atomic E-state index is 11.0. The SMILES string of the molecule is NC(=O)c1sccc1C1CCCN1. The Balaban J connectivity index is 2.28. The van der Waals surface area contributed by atoms with E-state index in [4.69, 9.17) is 5.73 Å². The minimum absolute atomic E-state index is 0.307. The fraction of sp³-hybridized carbons (Fsp3) is 0.444. The quantitative estimate of drug-likeness (QED) is 0.748. The van der Waals surface area contributed by atoms with Crippen LogP contribution in [0.25, 0.3) is 0 Å². The van der Waals surface area contributed by atoms with E-state index in [9.17, 15) is 4.79 Å². The molecule has 70 valence electrons. The normalized spacial score (nSPS) is 22.0. The van der Waals surface area contributed by atoms with Gasteiger partial charge in [0.1, 0.15) is 0 Å². The third-order valence-corrected chi connectivity index (χ3v) is 3.30. The molecule has 3 nitrogen and oxygen atoms in total. The monoisotopic (exact) mass is 196 g/mol. The van der Waals surface area contributed by atoms with Crippen LogP contribution in [0.5, 0.6) is 0 Å². The molecule has 1 aromatic rings. The number of hydrogen-bond donors (Lipinski definition) is 2. The number of carbonyl (C=O) groups is 1. The van der Waals surface area contributed by atoms with Gasteiger partial charge in [0.05, 0.1) is 4.88 Å². The van der Waals surface area contributed by atoms with E-state index in [2.05, 4.69) is 5.32 Å². The van der Waals surface area contributed by atoms with Gasteiger partial charge in [-0.2, -0.15) is 0 Å². The molecule has 2 rings (SSSR count). The predicted octanol–water partition coefficient (Wildman–Crippen LogP) is 1.27. The summed E-state index contributed by atoms with van der Waals surface area (Å²) in [6, 6.07) is 2.34. The van der Waals surface area contributed by atoms with Crippen LogP contribution in [0.15, 0.2) is 11.4 Å². The Labute approximate surface area is 80.9 Å². The van der Waals surface area contributed by atoms with Gasteiger partial charge < -0.3 is 11.1 Å². The van der Waals surface area contributed by atoms with Gasteiger partial charge in [-0.15, -0.1) is 11.3 Å². The number of nitrogens with one attached hydrogen (secondary N) is 1. The molecule has 1 atom stereocenters. The molecule has 0 radical (unpaired) electrons. The lowest BCUT2D eigenvalue weighted by atomic mass is 10.1. The van der Waals surface area contributed by atoms with Crippen molar-refractivity contribution in [1.29, 1.82) is 0 Å². The molecule has 1 fully saturated rings. The maximum Gasteiger partial charge on any atom is 0.259 e. The zero-order valence-electron chi connectivity index (χ0n) is 7.25. The molecule has 3 N–H and O–H groups in total. The first kappa shape index (κ1) is 8.72. The van der Waals surface area contributed by atoms with Crippen LogP contribution in [0, 0.1) is 0 Å². The molecule has 1 aliphatic rings. The molecule has 0 saturated carbocycles. The molecule has 1 unspecified atom stereocenters. The third-order valence-electron chi connectivity index (χ3n) is 2.36. The van der Waals surface area contributed by atoms with Crippen LogP contribution < -0.4 is 11.1 Å². The van der Waals surface area contributed by atoms with Crippen LogP contribution in [0.4, 0.5) is 0 Å². The van der Waals surface area contributed by atoms with Crippen LogP contribution in [0.1, 0.15) is 34.1 Å². The number of rotatable bonds is 2. The first-order valence-corrected chi connectivity index (χ1v) is 5.27. The van der Waals surface area contributed by atoms with Crippen molar-refractivity contribution in [2.75, 3.05) is 6.54 Å². The molecular formula is C9H12N2OS. The Morgan fingerprint density at radius 1 is 1.69 bits per heavy atom. The Morgan fingerprint density at radius 2 is 2.54 bits per heavy atom. The van der Waals surface area contributed by atoms with Crippen molar-refractivity contribution in [2.24, 2.45) is 5.73 Å². The van der Waals surface area contributed by atoms with E-state index in [0.717, 1.165) is 18.5 Å². The molecule has 1 aliphatic heterocycles. The molecular weight excluding hydrogens is 184 g/mol. The minimum Gasteiger partial charge on any atom is -0.365 e.